The fourth-order valence-corrected chi connectivity index (χ4v) is 2.86. The van der Waals surface area contributed by atoms with E-state index in [0.29, 0.717) is 5.54 Å². The minimum atomic E-state index is -0.438. The molecule has 2 saturated heterocycles. The predicted molar refractivity (Wildman–Crippen MR) is 61.9 cm³/mol. The normalized spacial score (nSPS) is 30.6. The molecule has 88 valence electrons. The molecule has 3 heteroatoms. The van der Waals surface area contributed by atoms with Crippen molar-refractivity contribution in [2.75, 3.05) is 26.2 Å². The summed E-state index contributed by atoms with van der Waals surface area (Å²) in [6, 6.07) is 0. The van der Waals surface area contributed by atoms with Gasteiger partial charge >= 0.3 is 0 Å². The number of piperidine rings is 1. The third-order valence-electron chi connectivity index (χ3n) is 4.09. The van der Waals surface area contributed by atoms with Gasteiger partial charge in [-0.25, -0.2) is 0 Å². The first-order chi connectivity index (χ1) is 7.02. The zero-order valence-electron chi connectivity index (χ0n) is 10.1. The number of hydrogen-bond acceptors (Lipinski definition) is 3. The SMILES string of the molecule is CC1(C)CCCN1CC1(O)CCNCC1. The molecule has 0 spiro atoms. The summed E-state index contributed by atoms with van der Waals surface area (Å²) in [6.45, 7) is 8.54. The Kier molecular flexibility index (Phi) is 3.06. The maximum atomic E-state index is 10.5. The molecule has 2 rings (SSSR count). The lowest BCUT2D eigenvalue weighted by atomic mass is 9.90. The van der Waals surface area contributed by atoms with E-state index in [1.165, 1.54) is 12.8 Å². The van der Waals surface area contributed by atoms with Crippen LogP contribution in [0.15, 0.2) is 0 Å². The van der Waals surface area contributed by atoms with Crippen LogP contribution in [0.2, 0.25) is 0 Å². The molecule has 0 aliphatic carbocycles. The minimum absolute atomic E-state index is 0.292. The maximum absolute atomic E-state index is 10.5. The van der Waals surface area contributed by atoms with Gasteiger partial charge in [0.2, 0.25) is 0 Å². The number of nitrogens with zero attached hydrogens (tertiary/aromatic N) is 1. The van der Waals surface area contributed by atoms with Gasteiger partial charge in [0.1, 0.15) is 0 Å². The van der Waals surface area contributed by atoms with Gasteiger partial charge in [0.15, 0.2) is 0 Å². The van der Waals surface area contributed by atoms with E-state index in [2.05, 4.69) is 24.1 Å². The molecule has 15 heavy (non-hydrogen) atoms. The molecule has 0 bridgehead atoms. The standard InChI is InChI=1S/C12H24N2O/c1-11(2)4-3-9-14(11)10-12(15)5-7-13-8-6-12/h13,15H,3-10H2,1-2H3. The minimum Gasteiger partial charge on any atom is -0.388 e. The molecular formula is C12H24N2O. The molecule has 0 radical (unpaired) electrons. The lowest BCUT2D eigenvalue weighted by Gasteiger charge is -2.40. The average Bonchev–Trinajstić information content (AvgIpc) is 2.46. The van der Waals surface area contributed by atoms with Crippen molar-refractivity contribution in [1.82, 2.24) is 10.2 Å². The van der Waals surface area contributed by atoms with Gasteiger partial charge < -0.3 is 10.4 Å². The maximum Gasteiger partial charge on any atom is 0.0798 e. The van der Waals surface area contributed by atoms with Crippen LogP contribution in [-0.2, 0) is 0 Å². The molecule has 0 aromatic heterocycles. The topological polar surface area (TPSA) is 35.5 Å². The zero-order valence-corrected chi connectivity index (χ0v) is 10.1. The van der Waals surface area contributed by atoms with Gasteiger partial charge in [-0.3, -0.25) is 4.90 Å². The quantitative estimate of drug-likeness (QED) is 0.716. The molecule has 3 nitrogen and oxygen atoms in total. The van der Waals surface area contributed by atoms with E-state index in [1.807, 2.05) is 0 Å². The van der Waals surface area contributed by atoms with E-state index in [-0.39, 0.29) is 0 Å². The summed E-state index contributed by atoms with van der Waals surface area (Å²) in [7, 11) is 0. The fraction of sp³-hybridized carbons (Fsp3) is 1.00. The fourth-order valence-electron chi connectivity index (χ4n) is 2.86. The summed E-state index contributed by atoms with van der Waals surface area (Å²) >= 11 is 0. The smallest absolute Gasteiger partial charge is 0.0798 e. The molecular weight excluding hydrogens is 188 g/mol. The van der Waals surface area contributed by atoms with Crippen LogP contribution < -0.4 is 5.32 Å². The number of aliphatic hydroxyl groups is 1. The van der Waals surface area contributed by atoms with E-state index in [1.54, 1.807) is 0 Å². The molecule has 2 aliphatic heterocycles. The van der Waals surface area contributed by atoms with Crippen LogP contribution in [0, 0.1) is 0 Å². The molecule has 0 amide bonds. The van der Waals surface area contributed by atoms with E-state index in [9.17, 15) is 5.11 Å². The van der Waals surface area contributed by atoms with Gasteiger partial charge in [-0.05, 0) is 59.2 Å². The molecule has 0 aromatic carbocycles. The summed E-state index contributed by atoms with van der Waals surface area (Å²) in [5.74, 6) is 0. The van der Waals surface area contributed by atoms with Crippen molar-refractivity contribution < 1.29 is 5.11 Å². The molecule has 0 unspecified atom stereocenters. The van der Waals surface area contributed by atoms with Gasteiger partial charge in [0, 0.05) is 12.1 Å². The Morgan fingerprint density at radius 3 is 2.40 bits per heavy atom. The van der Waals surface area contributed by atoms with Crippen LogP contribution in [0.4, 0.5) is 0 Å². The van der Waals surface area contributed by atoms with E-state index < -0.39 is 5.60 Å². The Bertz CT molecular complexity index is 222. The van der Waals surface area contributed by atoms with E-state index in [0.717, 1.165) is 39.0 Å². The lowest BCUT2D eigenvalue weighted by molar-refractivity contribution is -0.0343. The molecule has 2 heterocycles. The van der Waals surface area contributed by atoms with Crippen LogP contribution >= 0.6 is 0 Å². The second-order valence-electron chi connectivity index (χ2n) is 5.81. The molecule has 0 atom stereocenters. The first-order valence-electron chi connectivity index (χ1n) is 6.20. The summed E-state index contributed by atoms with van der Waals surface area (Å²) < 4.78 is 0. The zero-order chi connectivity index (χ0) is 10.9. The predicted octanol–water partition coefficient (Wildman–Crippen LogP) is 0.975. The number of nitrogens with one attached hydrogen (secondary N) is 1. The van der Waals surface area contributed by atoms with Gasteiger partial charge in [-0.2, -0.15) is 0 Å². The number of β-amino-alcohol motifs (C(OH)–C–C–N with tert-alkyl or cyclic N) is 1. The van der Waals surface area contributed by atoms with Crippen molar-refractivity contribution in [3.63, 3.8) is 0 Å². The van der Waals surface area contributed by atoms with Crippen molar-refractivity contribution in [1.29, 1.82) is 0 Å². The Hall–Kier alpha value is -0.120. The lowest BCUT2D eigenvalue weighted by Crippen LogP contribution is -2.53. The van der Waals surface area contributed by atoms with Crippen LogP contribution in [0.25, 0.3) is 0 Å². The van der Waals surface area contributed by atoms with Crippen molar-refractivity contribution in [2.45, 2.75) is 50.7 Å². The summed E-state index contributed by atoms with van der Waals surface area (Å²) in [4.78, 5) is 2.47. The monoisotopic (exact) mass is 212 g/mol. The second-order valence-corrected chi connectivity index (χ2v) is 5.81. The first kappa shape index (κ1) is 11.4. The summed E-state index contributed by atoms with van der Waals surface area (Å²) in [6.07, 6.45) is 4.35. The van der Waals surface area contributed by atoms with Crippen LogP contribution in [0.5, 0.6) is 0 Å². The molecule has 2 fully saturated rings. The number of rotatable bonds is 2. The van der Waals surface area contributed by atoms with Crippen molar-refractivity contribution >= 4 is 0 Å². The Balaban J connectivity index is 1.95. The Labute approximate surface area is 92.8 Å². The third kappa shape index (κ3) is 2.52. The third-order valence-corrected chi connectivity index (χ3v) is 4.09. The highest BCUT2D eigenvalue weighted by molar-refractivity contribution is 4.94. The highest BCUT2D eigenvalue weighted by atomic mass is 16.3. The molecule has 2 N–H and O–H groups in total. The van der Waals surface area contributed by atoms with Crippen LogP contribution in [0.1, 0.15) is 39.5 Å². The molecule has 0 saturated carbocycles. The summed E-state index contributed by atoms with van der Waals surface area (Å²) in [5, 5.41) is 13.8. The van der Waals surface area contributed by atoms with Gasteiger partial charge in [0.05, 0.1) is 5.60 Å². The molecule has 0 aromatic rings. The average molecular weight is 212 g/mol. The van der Waals surface area contributed by atoms with Crippen LogP contribution in [-0.4, -0.2) is 47.3 Å². The van der Waals surface area contributed by atoms with Crippen molar-refractivity contribution in [3.05, 3.63) is 0 Å². The van der Waals surface area contributed by atoms with Gasteiger partial charge in [0.25, 0.3) is 0 Å². The van der Waals surface area contributed by atoms with Gasteiger partial charge in [-0.15, -0.1) is 0 Å². The van der Waals surface area contributed by atoms with E-state index in [4.69, 9.17) is 0 Å². The first-order valence-corrected chi connectivity index (χ1v) is 6.20. The second kappa shape index (κ2) is 4.04. The van der Waals surface area contributed by atoms with Crippen molar-refractivity contribution in [2.24, 2.45) is 0 Å². The van der Waals surface area contributed by atoms with Crippen molar-refractivity contribution in [3.8, 4) is 0 Å². The molecule has 2 aliphatic rings. The number of hydrogen-bond donors (Lipinski definition) is 2. The highest BCUT2D eigenvalue weighted by Gasteiger charge is 2.38. The highest BCUT2D eigenvalue weighted by Crippen LogP contribution is 2.31. The Morgan fingerprint density at radius 2 is 1.87 bits per heavy atom. The largest absolute Gasteiger partial charge is 0.388 e. The Morgan fingerprint density at radius 1 is 1.20 bits per heavy atom. The van der Waals surface area contributed by atoms with Gasteiger partial charge in [-0.1, -0.05) is 0 Å². The van der Waals surface area contributed by atoms with E-state index >= 15 is 0 Å². The summed E-state index contributed by atoms with van der Waals surface area (Å²) in [5.41, 5.74) is -0.145. The number of likely N-dealkylation sites (tertiary alicyclic amines) is 1. The van der Waals surface area contributed by atoms with Crippen LogP contribution in [0.3, 0.4) is 0 Å².